The van der Waals surface area contributed by atoms with Crippen molar-refractivity contribution in [1.29, 1.82) is 0 Å². The van der Waals surface area contributed by atoms with Gasteiger partial charge in [-0.15, -0.1) is 11.3 Å². The van der Waals surface area contributed by atoms with Crippen molar-refractivity contribution in [1.82, 2.24) is 14.2 Å². The van der Waals surface area contributed by atoms with Gasteiger partial charge in [0.1, 0.15) is 10.0 Å². The summed E-state index contributed by atoms with van der Waals surface area (Å²) < 4.78 is 45.5. The summed E-state index contributed by atoms with van der Waals surface area (Å²) in [6.07, 6.45) is 0. The van der Waals surface area contributed by atoms with E-state index in [2.05, 4.69) is 9.72 Å². The summed E-state index contributed by atoms with van der Waals surface area (Å²) in [5.41, 5.74) is 1.58. The van der Waals surface area contributed by atoms with Crippen molar-refractivity contribution in [2.24, 2.45) is 0 Å². The summed E-state index contributed by atoms with van der Waals surface area (Å²) in [6.45, 7) is 2.39. The van der Waals surface area contributed by atoms with Gasteiger partial charge in [0.25, 0.3) is 15.9 Å². The van der Waals surface area contributed by atoms with E-state index in [4.69, 9.17) is 0 Å². The van der Waals surface area contributed by atoms with Gasteiger partial charge in [0, 0.05) is 48.7 Å². The highest BCUT2D eigenvalue weighted by atomic mass is 32.2. The van der Waals surface area contributed by atoms with E-state index in [0.717, 1.165) is 11.3 Å². The summed E-state index contributed by atoms with van der Waals surface area (Å²) in [7, 11) is -2.56. The molecular weight excluding hydrogens is 457 g/mol. The van der Waals surface area contributed by atoms with Crippen LogP contribution in [0.2, 0.25) is 0 Å². The van der Waals surface area contributed by atoms with Crippen LogP contribution in [0.4, 0.5) is 4.39 Å². The van der Waals surface area contributed by atoms with Crippen molar-refractivity contribution in [3.8, 4) is 0 Å². The molecule has 4 rings (SSSR count). The number of aromatic nitrogens is 1. The van der Waals surface area contributed by atoms with E-state index in [-0.39, 0.29) is 41.9 Å². The van der Waals surface area contributed by atoms with Crippen LogP contribution in [0.15, 0.2) is 39.9 Å². The number of fused-ring (bicyclic) bond motifs is 1. The number of nitrogens with zero attached hydrogens (tertiary/aromatic N) is 3. The molecule has 1 aromatic carbocycles. The number of hydrogen-bond acceptors (Lipinski definition) is 7. The minimum atomic E-state index is -3.79. The number of pyridine rings is 1. The molecule has 0 saturated carbocycles. The second-order valence-electron chi connectivity index (χ2n) is 7.31. The fourth-order valence-corrected chi connectivity index (χ4v) is 6.34. The number of aryl methyl sites for hydroxylation is 1. The first-order valence-electron chi connectivity index (χ1n) is 9.74. The minimum Gasteiger partial charge on any atom is -0.465 e. The maximum Gasteiger partial charge on any atom is 0.338 e. The molecule has 0 radical (unpaired) electrons. The van der Waals surface area contributed by atoms with Crippen molar-refractivity contribution in [3.05, 3.63) is 58.3 Å². The fourth-order valence-electron chi connectivity index (χ4n) is 3.62. The minimum absolute atomic E-state index is 0.0513. The van der Waals surface area contributed by atoms with Gasteiger partial charge in [0.15, 0.2) is 0 Å². The van der Waals surface area contributed by atoms with E-state index in [1.807, 2.05) is 0 Å². The lowest BCUT2D eigenvalue weighted by atomic mass is 10.1. The summed E-state index contributed by atoms with van der Waals surface area (Å²) >= 11 is 0.953. The molecule has 0 spiro atoms. The number of carbonyl (C=O) groups excluding carboxylic acids is 2. The molecule has 1 aliphatic rings. The van der Waals surface area contributed by atoms with Crippen LogP contribution >= 0.6 is 11.3 Å². The van der Waals surface area contributed by atoms with Crippen LogP contribution < -0.4 is 0 Å². The van der Waals surface area contributed by atoms with Crippen molar-refractivity contribution in [3.63, 3.8) is 0 Å². The standard InChI is InChI=1S/C21H20FN3O5S2/c1-13-9-17(16-4-3-15(22)11-18(16)23-13)20(26)24-5-7-25(8-6-24)32(28,29)19-10-14(12-31-19)21(27)30-2/h3-4,9-12H,5-8H2,1-2H3. The monoisotopic (exact) mass is 477 g/mol. The molecule has 0 N–H and O–H groups in total. The lowest BCUT2D eigenvalue weighted by Crippen LogP contribution is -2.50. The predicted molar refractivity (Wildman–Crippen MR) is 117 cm³/mol. The van der Waals surface area contributed by atoms with Crippen molar-refractivity contribution in [2.45, 2.75) is 11.1 Å². The normalized spacial score (nSPS) is 15.2. The number of halogens is 1. The van der Waals surface area contributed by atoms with Gasteiger partial charge in [-0.1, -0.05) is 0 Å². The molecule has 1 fully saturated rings. The van der Waals surface area contributed by atoms with E-state index in [1.54, 1.807) is 17.9 Å². The first-order chi connectivity index (χ1) is 15.2. The summed E-state index contributed by atoms with van der Waals surface area (Å²) in [5, 5.41) is 1.99. The average Bonchev–Trinajstić information content (AvgIpc) is 3.28. The van der Waals surface area contributed by atoms with E-state index in [1.165, 1.54) is 41.1 Å². The van der Waals surface area contributed by atoms with Crippen LogP contribution in [0.25, 0.3) is 10.9 Å². The second-order valence-corrected chi connectivity index (χ2v) is 10.4. The third-order valence-corrected chi connectivity index (χ3v) is 8.56. The Morgan fingerprint density at radius 1 is 1.12 bits per heavy atom. The lowest BCUT2D eigenvalue weighted by Gasteiger charge is -2.34. The van der Waals surface area contributed by atoms with Crippen LogP contribution in [0.1, 0.15) is 26.4 Å². The lowest BCUT2D eigenvalue weighted by molar-refractivity contribution is 0.0600. The molecule has 0 aliphatic carbocycles. The number of benzene rings is 1. The van der Waals surface area contributed by atoms with Crippen LogP contribution in [0.3, 0.4) is 0 Å². The maximum atomic E-state index is 13.6. The van der Waals surface area contributed by atoms with Gasteiger partial charge in [0.2, 0.25) is 0 Å². The first kappa shape index (κ1) is 22.3. The molecule has 8 nitrogen and oxygen atoms in total. The molecule has 3 heterocycles. The number of ether oxygens (including phenoxy) is 1. The largest absolute Gasteiger partial charge is 0.465 e. The molecule has 1 saturated heterocycles. The molecule has 1 aliphatic heterocycles. The number of esters is 1. The topological polar surface area (TPSA) is 96.9 Å². The van der Waals surface area contributed by atoms with E-state index >= 15 is 0 Å². The molecule has 0 unspecified atom stereocenters. The Kier molecular flexibility index (Phi) is 5.97. The predicted octanol–water partition coefficient (Wildman–Crippen LogP) is 2.68. The summed E-state index contributed by atoms with van der Waals surface area (Å²) in [6, 6.07) is 7.05. The van der Waals surface area contributed by atoms with Crippen molar-refractivity contribution in [2.75, 3.05) is 33.3 Å². The third kappa shape index (κ3) is 4.10. The highest BCUT2D eigenvalue weighted by molar-refractivity contribution is 7.91. The van der Waals surface area contributed by atoms with Crippen LogP contribution in [-0.2, 0) is 14.8 Å². The van der Waals surface area contributed by atoms with Gasteiger partial charge < -0.3 is 9.64 Å². The second kappa shape index (κ2) is 8.57. The Morgan fingerprint density at radius 3 is 2.53 bits per heavy atom. The molecule has 32 heavy (non-hydrogen) atoms. The molecule has 0 bridgehead atoms. The summed E-state index contributed by atoms with van der Waals surface area (Å²) in [5.74, 6) is -1.29. The molecule has 3 aromatic rings. The SMILES string of the molecule is COC(=O)c1csc(S(=O)(=O)N2CCN(C(=O)c3cc(C)nc4cc(F)ccc34)CC2)c1. The Morgan fingerprint density at radius 2 is 1.84 bits per heavy atom. The van der Waals surface area contributed by atoms with Crippen LogP contribution in [-0.4, -0.2) is 67.8 Å². The number of rotatable bonds is 4. The number of hydrogen-bond donors (Lipinski definition) is 0. The Bertz CT molecular complexity index is 1310. The zero-order valence-corrected chi connectivity index (χ0v) is 19.0. The Hall–Kier alpha value is -2.89. The van der Waals surface area contributed by atoms with Gasteiger partial charge in [-0.25, -0.2) is 17.6 Å². The van der Waals surface area contributed by atoms with Gasteiger partial charge >= 0.3 is 5.97 Å². The Balaban J connectivity index is 1.52. The highest BCUT2D eigenvalue weighted by Gasteiger charge is 2.32. The van der Waals surface area contributed by atoms with Crippen molar-refractivity contribution >= 4 is 44.1 Å². The zero-order chi connectivity index (χ0) is 23.0. The first-order valence-corrected chi connectivity index (χ1v) is 12.1. The Labute approximate surface area is 188 Å². The fraction of sp³-hybridized carbons (Fsp3) is 0.286. The highest BCUT2D eigenvalue weighted by Crippen LogP contribution is 2.26. The molecule has 1 amide bonds. The molecule has 2 aromatic heterocycles. The van der Waals surface area contributed by atoms with Gasteiger partial charge in [0.05, 0.1) is 23.8 Å². The zero-order valence-electron chi connectivity index (χ0n) is 17.4. The number of methoxy groups -OCH3 is 1. The number of piperazine rings is 1. The molecule has 168 valence electrons. The smallest absolute Gasteiger partial charge is 0.338 e. The van der Waals surface area contributed by atoms with Crippen LogP contribution in [0, 0.1) is 12.7 Å². The number of carbonyl (C=O) groups is 2. The number of thiophene rings is 1. The molecule has 0 atom stereocenters. The van der Waals surface area contributed by atoms with Gasteiger partial charge in [-0.3, -0.25) is 9.78 Å². The van der Waals surface area contributed by atoms with E-state index in [0.29, 0.717) is 22.2 Å². The maximum absolute atomic E-state index is 13.6. The summed E-state index contributed by atoms with van der Waals surface area (Å²) in [4.78, 5) is 30.7. The molecular formula is C21H20FN3O5S2. The quantitative estimate of drug-likeness (QED) is 0.536. The number of amides is 1. The number of sulfonamides is 1. The van der Waals surface area contributed by atoms with E-state index < -0.39 is 21.8 Å². The van der Waals surface area contributed by atoms with Crippen LogP contribution in [0.5, 0.6) is 0 Å². The van der Waals surface area contributed by atoms with Gasteiger partial charge in [-0.2, -0.15) is 4.31 Å². The average molecular weight is 478 g/mol. The van der Waals surface area contributed by atoms with E-state index in [9.17, 15) is 22.4 Å². The van der Waals surface area contributed by atoms with Crippen molar-refractivity contribution < 1.29 is 27.1 Å². The third-order valence-electron chi connectivity index (χ3n) is 5.25. The van der Waals surface area contributed by atoms with Gasteiger partial charge in [-0.05, 0) is 31.2 Å². The molecule has 11 heteroatoms.